The average molecular weight is 361 g/mol. The Labute approximate surface area is 153 Å². The van der Waals surface area contributed by atoms with E-state index in [9.17, 15) is 14.7 Å². The summed E-state index contributed by atoms with van der Waals surface area (Å²) < 4.78 is 0. The van der Waals surface area contributed by atoms with E-state index in [1.54, 1.807) is 17.9 Å². The van der Waals surface area contributed by atoms with Crippen molar-refractivity contribution in [3.63, 3.8) is 0 Å². The van der Waals surface area contributed by atoms with E-state index in [0.717, 1.165) is 45.3 Å². The minimum Gasteiger partial charge on any atom is -0.391 e. The lowest BCUT2D eigenvalue weighted by Crippen LogP contribution is -2.42. The number of likely N-dealkylation sites (tertiary alicyclic amines) is 2. The third kappa shape index (κ3) is 4.69. The van der Waals surface area contributed by atoms with Gasteiger partial charge in [-0.15, -0.1) is 0 Å². The summed E-state index contributed by atoms with van der Waals surface area (Å²) in [5.41, 5.74) is 0.350. The molecule has 0 aliphatic carbocycles. The molecule has 8 nitrogen and oxygen atoms in total. The summed E-state index contributed by atoms with van der Waals surface area (Å²) in [4.78, 5) is 35.8. The van der Waals surface area contributed by atoms with E-state index in [2.05, 4.69) is 15.3 Å². The molecule has 3 rings (SSSR count). The molecule has 0 spiro atoms. The topological polar surface area (TPSA) is 98.7 Å². The van der Waals surface area contributed by atoms with Crippen LogP contribution in [0.25, 0.3) is 0 Å². The second-order valence-corrected chi connectivity index (χ2v) is 7.17. The Bertz CT molecular complexity index is 645. The number of carbonyl (C=O) groups excluding carboxylic acids is 2. The average Bonchev–Trinajstić information content (AvgIpc) is 2.66. The zero-order valence-corrected chi connectivity index (χ0v) is 15.2. The molecule has 2 aliphatic heterocycles. The van der Waals surface area contributed by atoms with E-state index in [1.165, 1.54) is 6.33 Å². The molecule has 2 amide bonds. The Morgan fingerprint density at radius 3 is 2.65 bits per heavy atom. The second kappa shape index (κ2) is 8.44. The van der Waals surface area contributed by atoms with Crippen LogP contribution in [0.4, 0.5) is 5.82 Å². The van der Waals surface area contributed by atoms with Crippen LogP contribution in [0, 0.1) is 5.92 Å². The molecular formula is C18H27N5O3. The number of hydrogen-bond donors (Lipinski definition) is 2. The van der Waals surface area contributed by atoms with Gasteiger partial charge in [-0.3, -0.25) is 9.59 Å². The zero-order chi connectivity index (χ0) is 18.5. The van der Waals surface area contributed by atoms with Crippen molar-refractivity contribution in [2.45, 2.75) is 38.7 Å². The van der Waals surface area contributed by atoms with Gasteiger partial charge >= 0.3 is 0 Å². The second-order valence-electron chi connectivity index (χ2n) is 7.17. The molecule has 0 bridgehead atoms. The molecule has 0 aromatic carbocycles. The van der Waals surface area contributed by atoms with Gasteiger partial charge in [0, 0.05) is 45.7 Å². The van der Waals surface area contributed by atoms with Crippen molar-refractivity contribution in [2.75, 3.05) is 38.0 Å². The fourth-order valence-electron chi connectivity index (χ4n) is 3.57. The van der Waals surface area contributed by atoms with Crippen LogP contribution in [-0.4, -0.2) is 75.5 Å². The first-order chi connectivity index (χ1) is 12.5. The van der Waals surface area contributed by atoms with Crippen LogP contribution in [-0.2, 0) is 4.79 Å². The first kappa shape index (κ1) is 18.6. The first-order valence-corrected chi connectivity index (χ1v) is 9.31. The van der Waals surface area contributed by atoms with E-state index in [4.69, 9.17) is 0 Å². The monoisotopic (exact) mass is 361 g/mol. The van der Waals surface area contributed by atoms with E-state index >= 15 is 0 Å². The van der Waals surface area contributed by atoms with Crippen LogP contribution < -0.4 is 5.32 Å². The predicted octanol–water partition coefficient (Wildman–Crippen LogP) is 0.744. The molecule has 1 unspecified atom stereocenters. The molecule has 1 aromatic rings. The molecule has 3 heterocycles. The maximum atomic E-state index is 12.6. The van der Waals surface area contributed by atoms with E-state index < -0.39 is 6.10 Å². The van der Waals surface area contributed by atoms with Gasteiger partial charge in [-0.1, -0.05) is 0 Å². The number of rotatable bonds is 4. The molecule has 2 fully saturated rings. The lowest BCUT2D eigenvalue weighted by atomic mass is 9.97. The van der Waals surface area contributed by atoms with Gasteiger partial charge in [0.2, 0.25) is 5.91 Å². The first-order valence-electron chi connectivity index (χ1n) is 9.31. The van der Waals surface area contributed by atoms with E-state index in [0.29, 0.717) is 30.5 Å². The van der Waals surface area contributed by atoms with Crippen molar-refractivity contribution in [3.05, 3.63) is 18.1 Å². The molecule has 1 atom stereocenters. The molecule has 1 aromatic heterocycles. The Morgan fingerprint density at radius 2 is 1.96 bits per heavy atom. The van der Waals surface area contributed by atoms with E-state index in [1.807, 2.05) is 4.90 Å². The van der Waals surface area contributed by atoms with Gasteiger partial charge in [0.1, 0.15) is 17.8 Å². The molecule has 2 N–H and O–H groups in total. The predicted molar refractivity (Wildman–Crippen MR) is 96.6 cm³/mol. The maximum absolute atomic E-state index is 12.6. The van der Waals surface area contributed by atoms with Crippen molar-refractivity contribution < 1.29 is 14.7 Å². The van der Waals surface area contributed by atoms with Crippen LogP contribution in [0.15, 0.2) is 12.4 Å². The highest BCUT2D eigenvalue weighted by molar-refractivity contribution is 5.93. The summed E-state index contributed by atoms with van der Waals surface area (Å²) in [6, 6.07) is 1.67. The fourth-order valence-corrected chi connectivity index (χ4v) is 3.57. The van der Waals surface area contributed by atoms with Gasteiger partial charge in [0.15, 0.2) is 0 Å². The number of hydrogen-bond acceptors (Lipinski definition) is 6. The van der Waals surface area contributed by atoms with Gasteiger partial charge in [-0.05, 0) is 31.6 Å². The van der Waals surface area contributed by atoms with Gasteiger partial charge in [-0.2, -0.15) is 0 Å². The maximum Gasteiger partial charge on any atom is 0.272 e. The highest BCUT2D eigenvalue weighted by Crippen LogP contribution is 2.18. The Balaban J connectivity index is 1.53. The number of amides is 2. The molecule has 2 aliphatic rings. The van der Waals surface area contributed by atoms with Crippen molar-refractivity contribution in [1.82, 2.24) is 19.8 Å². The lowest BCUT2D eigenvalue weighted by molar-refractivity contribution is -0.130. The highest BCUT2D eigenvalue weighted by Gasteiger charge is 2.24. The lowest BCUT2D eigenvalue weighted by Gasteiger charge is -2.31. The third-order valence-corrected chi connectivity index (χ3v) is 5.20. The van der Waals surface area contributed by atoms with Gasteiger partial charge in [-0.25, -0.2) is 9.97 Å². The van der Waals surface area contributed by atoms with Gasteiger partial charge in [0.05, 0.1) is 6.10 Å². The van der Waals surface area contributed by atoms with Crippen molar-refractivity contribution in [2.24, 2.45) is 5.92 Å². The van der Waals surface area contributed by atoms with Crippen LogP contribution in [0.3, 0.4) is 0 Å². The summed E-state index contributed by atoms with van der Waals surface area (Å²) in [6.07, 6.45) is 4.43. The van der Waals surface area contributed by atoms with Crippen LogP contribution in [0.5, 0.6) is 0 Å². The summed E-state index contributed by atoms with van der Waals surface area (Å²) in [7, 11) is 0. The summed E-state index contributed by atoms with van der Waals surface area (Å²) >= 11 is 0. The van der Waals surface area contributed by atoms with E-state index in [-0.39, 0.29) is 11.8 Å². The Morgan fingerprint density at radius 1 is 1.19 bits per heavy atom. The number of aromatic nitrogens is 2. The number of anilines is 1. The standard InChI is InChI=1S/C18H27N5O3/c1-13(24)22-7-4-14(5-8-22)10-19-17-9-16(20-12-21-17)18(26)23-6-2-3-15(25)11-23/h9,12,14-15,25H,2-8,10-11H2,1H3,(H,19,20,21). The minimum atomic E-state index is -0.451. The summed E-state index contributed by atoms with van der Waals surface area (Å²) in [6.45, 7) is 4.98. The zero-order valence-electron chi connectivity index (χ0n) is 15.2. The fraction of sp³-hybridized carbons (Fsp3) is 0.667. The highest BCUT2D eigenvalue weighted by atomic mass is 16.3. The van der Waals surface area contributed by atoms with Crippen molar-refractivity contribution in [1.29, 1.82) is 0 Å². The van der Waals surface area contributed by atoms with Crippen LogP contribution in [0.1, 0.15) is 43.1 Å². The van der Waals surface area contributed by atoms with Crippen molar-refractivity contribution in [3.8, 4) is 0 Å². The smallest absolute Gasteiger partial charge is 0.272 e. The molecule has 0 radical (unpaired) electrons. The summed E-state index contributed by atoms with van der Waals surface area (Å²) in [5, 5.41) is 13.0. The van der Waals surface area contributed by atoms with Gasteiger partial charge in [0.25, 0.3) is 5.91 Å². The molecule has 0 saturated carbocycles. The molecule has 2 saturated heterocycles. The number of aliphatic hydroxyl groups is 1. The number of β-amino-alcohol motifs (C(OH)–C–C–N with tert-alkyl or cyclic N) is 1. The number of nitrogens with one attached hydrogen (secondary N) is 1. The largest absolute Gasteiger partial charge is 0.391 e. The normalized spacial score (nSPS) is 21.5. The Kier molecular flexibility index (Phi) is 6.03. The Hall–Kier alpha value is -2.22. The van der Waals surface area contributed by atoms with Crippen LogP contribution in [0.2, 0.25) is 0 Å². The molecule has 8 heteroatoms. The number of carbonyl (C=O) groups is 2. The quantitative estimate of drug-likeness (QED) is 0.821. The van der Waals surface area contributed by atoms with Crippen molar-refractivity contribution >= 4 is 17.6 Å². The molecule has 142 valence electrons. The van der Waals surface area contributed by atoms with Crippen LogP contribution >= 0.6 is 0 Å². The molecule has 26 heavy (non-hydrogen) atoms. The summed E-state index contributed by atoms with van der Waals surface area (Å²) in [5.74, 6) is 1.09. The number of piperidine rings is 2. The third-order valence-electron chi connectivity index (χ3n) is 5.20. The van der Waals surface area contributed by atoms with Gasteiger partial charge < -0.3 is 20.2 Å². The number of nitrogens with zero attached hydrogens (tertiary/aromatic N) is 4. The minimum absolute atomic E-state index is 0.137. The number of aliphatic hydroxyl groups excluding tert-OH is 1. The molecular weight excluding hydrogens is 334 g/mol. The SMILES string of the molecule is CC(=O)N1CCC(CNc2cc(C(=O)N3CCCC(O)C3)ncn2)CC1.